The van der Waals surface area contributed by atoms with Gasteiger partial charge in [-0.15, -0.1) is 0 Å². The number of ether oxygens (including phenoxy) is 4. The summed E-state index contributed by atoms with van der Waals surface area (Å²) >= 11 is 12.5. The number of nitro benzene ring substituents is 2. The molecule has 10 aromatic rings. The van der Waals surface area contributed by atoms with Crippen LogP contribution in [0.2, 0.25) is 10.0 Å². The Labute approximate surface area is 809 Å². The number of hydrogen-bond acceptors (Lipinski definition) is 24. The number of carbonyl (C=O) groups excluding carboxylic acids is 2. The van der Waals surface area contributed by atoms with Gasteiger partial charge in [0.15, 0.2) is 0 Å². The first-order valence-corrected chi connectivity index (χ1v) is 52.0. The van der Waals surface area contributed by atoms with Gasteiger partial charge in [0.25, 0.3) is 43.2 Å². The van der Waals surface area contributed by atoms with Crippen molar-refractivity contribution >= 4 is 111 Å². The molecule has 4 N–H and O–H groups in total. The molecule has 10 heterocycles. The maximum absolute atomic E-state index is 14.2. The van der Waals surface area contributed by atoms with Crippen LogP contribution in [0, 0.1) is 42.9 Å². The molecular formula is C103H120Cl2N16O14S2. The normalized spacial score (nSPS) is 21.2. The summed E-state index contributed by atoms with van der Waals surface area (Å²) in [6.07, 6.45) is 21.4. The molecule has 6 aliphatic heterocycles. The van der Waals surface area contributed by atoms with E-state index in [-0.39, 0.29) is 68.2 Å². The second kappa shape index (κ2) is 40.1. The van der Waals surface area contributed by atoms with Gasteiger partial charge in [-0.25, -0.2) is 36.2 Å². The third-order valence-electron chi connectivity index (χ3n) is 29.7. The number of nitro groups is 2. The molecule has 4 aromatic heterocycles. The zero-order valence-corrected chi connectivity index (χ0v) is 81.4. The number of H-pyrrole nitrogens is 2. The van der Waals surface area contributed by atoms with Crippen LogP contribution < -0.4 is 38.2 Å². The van der Waals surface area contributed by atoms with E-state index >= 15 is 0 Å². The summed E-state index contributed by atoms with van der Waals surface area (Å²) < 4.78 is 85.5. The first kappa shape index (κ1) is 94.9. The molecule has 4 saturated heterocycles. The molecule has 3 atom stereocenters. The minimum absolute atomic E-state index is 0.000219. The number of aromatic amines is 2. The zero-order valence-electron chi connectivity index (χ0n) is 78.3. The monoisotopic (exact) mass is 1940 g/mol. The van der Waals surface area contributed by atoms with Crippen LogP contribution in [0.5, 0.6) is 34.5 Å². The van der Waals surface area contributed by atoms with Crippen molar-refractivity contribution in [3.05, 3.63) is 233 Å². The number of amides is 2. The molecule has 0 radical (unpaired) electrons. The van der Waals surface area contributed by atoms with Crippen LogP contribution in [0.1, 0.15) is 155 Å². The number of fused-ring (bicyclic) bond motifs is 4. The van der Waals surface area contributed by atoms with Crippen molar-refractivity contribution in [2.24, 2.45) is 22.7 Å². The number of benzene rings is 6. The van der Waals surface area contributed by atoms with Gasteiger partial charge < -0.3 is 48.5 Å². The Hall–Kier alpha value is -11.0. The Balaban J connectivity index is 0.000000175. The van der Waals surface area contributed by atoms with Crippen molar-refractivity contribution in [3.63, 3.8) is 0 Å². The van der Waals surface area contributed by atoms with Crippen LogP contribution in [0.3, 0.4) is 0 Å². The molecule has 2 saturated carbocycles. The fourth-order valence-electron chi connectivity index (χ4n) is 21.6. The van der Waals surface area contributed by atoms with Crippen molar-refractivity contribution in [3.8, 4) is 34.5 Å². The number of aromatic nitrogens is 4. The summed E-state index contributed by atoms with van der Waals surface area (Å²) in [5, 5.41) is 28.1. The molecule has 0 spiro atoms. The highest BCUT2D eigenvalue weighted by Gasteiger charge is 2.41. The average molecular weight is 1940 g/mol. The van der Waals surface area contributed by atoms with Crippen LogP contribution >= 0.6 is 23.2 Å². The summed E-state index contributed by atoms with van der Waals surface area (Å²) in [4.78, 5) is 85.8. The first-order valence-electron chi connectivity index (χ1n) is 48.2. The molecule has 6 aromatic carbocycles. The van der Waals surface area contributed by atoms with E-state index in [1.165, 1.54) is 96.5 Å². The van der Waals surface area contributed by atoms with Gasteiger partial charge in [0, 0.05) is 235 Å². The second-order valence-corrected chi connectivity index (χ2v) is 44.7. The van der Waals surface area contributed by atoms with E-state index in [0.717, 1.165) is 207 Å². The number of piperazine rings is 4. The van der Waals surface area contributed by atoms with Gasteiger partial charge in [-0.05, 0) is 190 Å². The number of anilines is 2. The van der Waals surface area contributed by atoms with Crippen molar-refractivity contribution in [2.75, 3.05) is 147 Å². The summed E-state index contributed by atoms with van der Waals surface area (Å²) in [5.41, 5.74) is 11.6. The van der Waals surface area contributed by atoms with Gasteiger partial charge in [-0.2, -0.15) is 0 Å². The molecule has 6 fully saturated rings. The van der Waals surface area contributed by atoms with Gasteiger partial charge >= 0.3 is 0 Å². The molecule has 722 valence electrons. The predicted molar refractivity (Wildman–Crippen MR) is 531 cm³/mol. The molecule has 2 amide bonds. The first-order chi connectivity index (χ1) is 65.9. The lowest BCUT2D eigenvalue weighted by molar-refractivity contribution is -0.386. The van der Waals surface area contributed by atoms with E-state index in [1.54, 1.807) is 60.9 Å². The maximum atomic E-state index is 14.2. The second-order valence-electron chi connectivity index (χ2n) is 40.5. The quantitative estimate of drug-likeness (QED) is 0.0289. The Morgan fingerprint density at radius 2 is 0.942 bits per heavy atom. The molecule has 0 bridgehead atoms. The zero-order chi connectivity index (χ0) is 95.2. The van der Waals surface area contributed by atoms with Gasteiger partial charge in [0.2, 0.25) is 0 Å². The largest absolute Gasteiger partial charge is 0.493 e. The smallest absolute Gasteiger partial charge is 0.277 e. The van der Waals surface area contributed by atoms with E-state index in [2.05, 4.69) is 127 Å². The highest BCUT2D eigenvalue weighted by Crippen LogP contribution is 2.48. The molecule has 137 heavy (non-hydrogen) atoms. The third kappa shape index (κ3) is 21.9. The van der Waals surface area contributed by atoms with Crippen LogP contribution in [0.15, 0.2) is 179 Å². The van der Waals surface area contributed by atoms with Crippen LogP contribution in [-0.4, -0.2) is 244 Å². The van der Waals surface area contributed by atoms with E-state index in [0.29, 0.717) is 78.1 Å². The lowest BCUT2D eigenvalue weighted by Gasteiger charge is -2.47. The highest BCUT2D eigenvalue weighted by atomic mass is 35.5. The van der Waals surface area contributed by atoms with Gasteiger partial charge in [0.05, 0.1) is 67.5 Å². The average Bonchev–Trinajstić information content (AvgIpc) is 1.16. The van der Waals surface area contributed by atoms with Crippen LogP contribution in [-0.2, 0) is 32.9 Å². The number of rotatable bonds is 26. The summed E-state index contributed by atoms with van der Waals surface area (Å²) in [6, 6.07) is 40.3. The van der Waals surface area contributed by atoms with E-state index in [9.17, 15) is 46.7 Å². The number of halogens is 2. The minimum atomic E-state index is -4.63. The van der Waals surface area contributed by atoms with Crippen molar-refractivity contribution in [2.45, 2.75) is 152 Å². The number of hydrogen-bond donors (Lipinski definition) is 4. The lowest BCUT2D eigenvalue weighted by Crippen LogP contribution is -2.57. The topological polar surface area (TPSA) is 333 Å². The van der Waals surface area contributed by atoms with Crippen molar-refractivity contribution in [1.29, 1.82) is 0 Å². The van der Waals surface area contributed by atoms with Crippen molar-refractivity contribution < 1.29 is 55.2 Å². The summed E-state index contributed by atoms with van der Waals surface area (Å²) in [7, 11) is -9.26. The SMILES string of the molecule is CC1(C)CCC(CN2CCN(c3ccc(C(=O)NS(=O)(=O)c4cc5c(c([N+](=O)[O-])c4)C[C@@H](CN4CCN(C6CCC6)CC4)CO5)c(Oc4cnc5[nH]ccc5c4)c3)CC2)=C(c2ccc(Cl)cc2)C1.C[C@@H]1CN(C[C@H]2COc3cc(S(=O)(=O)NC(=O)c4ccc(N5CCN(CC6=C(c7ccc(Cl)cc7)CC(C)(C)CC6)CC5)cc4Oc4cnc5[nH]ccc5c4)cc([N+](=O)[O-])c3C2)CCN1C1CCC1. The summed E-state index contributed by atoms with van der Waals surface area (Å²) in [5.74, 6) is -0.644. The number of nitrogens with zero attached hydrogens (tertiary/aromatic N) is 12. The minimum Gasteiger partial charge on any atom is -0.493 e. The molecular weight excluding hydrogens is 1820 g/mol. The maximum Gasteiger partial charge on any atom is 0.277 e. The third-order valence-corrected chi connectivity index (χ3v) is 32.9. The molecule has 30 nitrogen and oxygen atoms in total. The Bertz CT molecular complexity index is 6520. The van der Waals surface area contributed by atoms with Crippen molar-refractivity contribution in [1.82, 2.24) is 58.8 Å². The van der Waals surface area contributed by atoms with Crippen LogP contribution in [0.4, 0.5) is 22.7 Å². The molecule has 20 rings (SSSR count). The fraction of sp³-hybridized carbons (Fsp3) is 0.456. The number of carbonyl (C=O) groups is 2. The van der Waals surface area contributed by atoms with Gasteiger partial charge in [-0.1, -0.05) is 99.2 Å². The van der Waals surface area contributed by atoms with Crippen LogP contribution in [0.25, 0.3) is 33.2 Å². The Kier molecular flexibility index (Phi) is 27.7. The lowest BCUT2D eigenvalue weighted by atomic mass is 9.72. The highest BCUT2D eigenvalue weighted by molar-refractivity contribution is 7.90. The summed E-state index contributed by atoms with van der Waals surface area (Å²) in [6.45, 7) is 28.4. The van der Waals surface area contributed by atoms with Gasteiger partial charge in [-0.3, -0.25) is 49.4 Å². The standard InChI is InChI=1S/C52H61ClN8O7S.C51H59ClN8O7S/c1-34-30-58(19-22-60(34)40-5-4-6-40)31-35-23-45-47(61(63)64)26-43(27-48(45)67-33-35)69(65,66)56-51(62)44-12-11-41(25-49(44)68-42-24-37-14-16-54-50(37)55-29-42)59-20-17-57(18-21-59)32-38-13-15-52(2,3)28-46(38)36-7-9-39(53)10-8-36;1-51(2)14-12-37(45(29-51)35-6-8-38(52)9-7-35)32-57-18-22-59(23-19-57)40-10-11-43(48(26-40)67-41-25-36-13-15-53-49(36)54-30-41)50(61)55-68(64,65)42-27-46(60(62)63)44-24-34(33-66-47(44)28-42)31-56-16-20-58(21-17-56)39-4-3-5-39/h7-12,14,16,24-27,29,34-35,40H,4-6,13,15,17-23,28,30-33H2,1-3H3,(H,54,55)(H,56,62);6-11,13,15,25-28,30,34,39H,3-5,12,14,16-24,29,31-33H2,1-2H3,(H,53,54)(H,55,61)/t34-,35+;34-/m10/s1. The number of pyridine rings is 2. The Morgan fingerprint density at radius 3 is 1.36 bits per heavy atom. The molecule has 4 aliphatic carbocycles. The number of nitrogens with one attached hydrogen (secondary N) is 4. The van der Waals surface area contributed by atoms with E-state index in [4.69, 9.17) is 42.1 Å². The fourth-order valence-corrected chi connectivity index (χ4v) is 23.8. The number of sulfonamides is 2. The Morgan fingerprint density at radius 1 is 0.518 bits per heavy atom. The van der Waals surface area contributed by atoms with Gasteiger partial charge in [0.1, 0.15) is 45.8 Å². The molecule has 10 aliphatic rings. The predicted octanol–water partition coefficient (Wildman–Crippen LogP) is 17.5. The molecule has 0 unspecified atom stereocenters. The number of allylic oxidation sites excluding steroid dienone is 2. The van der Waals surface area contributed by atoms with E-state index < -0.39 is 51.5 Å². The molecule has 34 heteroatoms. The van der Waals surface area contributed by atoms with E-state index in [1.807, 2.05) is 36.4 Å².